The summed E-state index contributed by atoms with van der Waals surface area (Å²) in [5.74, 6) is 5.21. The van der Waals surface area contributed by atoms with E-state index in [2.05, 4.69) is 10.1 Å². The molecule has 0 saturated carbocycles. The summed E-state index contributed by atoms with van der Waals surface area (Å²) < 4.78 is 0. The molecule has 0 aromatic carbocycles. The molecule has 0 atom stereocenters. The van der Waals surface area contributed by atoms with Gasteiger partial charge in [0.2, 0.25) is 0 Å². The van der Waals surface area contributed by atoms with Gasteiger partial charge >= 0.3 is 0 Å². The van der Waals surface area contributed by atoms with Gasteiger partial charge in [0.15, 0.2) is 0 Å². The lowest BCUT2D eigenvalue weighted by Crippen LogP contribution is -2.51. The SMILES string of the molecule is C/C(=N\N)C1=NC(C)(C)N(O)C1(C)C. The maximum atomic E-state index is 9.92. The molecule has 0 aliphatic carbocycles. The van der Waals surface area contributed by atoms with E-state index in [-0.39, 0.29) is 0 Å². The molecule has 5 nitrogen and oxygen atoms in total. The Labute approximate surface area is 84.3 Å². The second-order valence-electron chi connectivity index (χ2n) is 4.54. The zero-order valence-electron chi connectivity index (χ0n) is 9.37. The Morgan fingerprint density at radius 2 is 1.93 bits per heavy atom. The van der Waals surface area contributed by atoms with E-state index in [1.54, 1.807) is 6.92 Å². The van der Waals surface area contributed by atoms with E-state index in [4.69, 9.17) is 5.84 Å². The number of aliphatic imine (C=N–C) groups is 1. The van der Waals surface area contributed by atoms with Gasteiger partial charge in [0.25, 0.3) is 0 Å². The average molecular weight is 198 g/mol. The summed E-state index contributed by atoms with van der Waals surface area (Å²) in [7, 11) is 0. The van der Waals surface area contributed by atoms with Gasteiger partial charge in [-0.25, -0.2) is 0 Å². The second-order valence-corrected chi connectivity index (χ2v) is 4.54. The zero-order valence-corrected chi connectivity index (χ0v) is 9.37. The summed E-state index contributed by atoms with van der Waals surface area (Å²) in [5.41, 5.74) is 0.216. The van der Waals surface area contributed by atoms with Crippen molar-refractivity contribution in [3.8, 4) is 0 Å². The van der Waals surface area contributed by atoms with Crippen molar-refractivity contribution in [1.82, 2.24) is 5.06 Å². The van der Waals surface area contributed by atoms with Gasteiger partial charge in [-0.05, 0) is 34.6 Å². The first-order valence-corrected chi connectivity index (χ1v) is 4.58. The summed E-state index contributed by atoms with van der Waals surface area (Å²) in [4.78, 5) is 4.41. The fourth-order valence-corrected chi connectivity index (χ4v) is 1.83. The normalized spacial score (nSPS) is 26.4. The van der Waals surface area contributed by atoms with Gasteiger partial charge in [0.05, 0.1) is 17.0 Å². The Balaban J connectivity index is 3.20. The number of hydroxylamine groups is 2. The van der Waals surface area contributed by atoms with E-state index < -0.39 is 11.2 Å². The molecule has 0 aromatic heterocycles. The van der Waals surface area contributed by atoms with Crippen molar-refractivity contribution in [3.63, 3.8) is 0 Å². The summed E-state index contributed by atoms with van der Waals surface area (Å²) in [6.07, 6.45) is 0. The quantitative estimate of drug-likeness (QED) is 0.375. The van der Waals surface area contributed by atoms with Crippen LogP contribution in [0.15, 0.2) is 10.1 Å². The number of hydrazone groups is 1. The molecule has 1 rings (SSSR count). The maximum absolute atomic E-state index is 9.92. The van der Waals surface area contributed by atoms with Crippen LogP contribution in [0, 0.1) is 0 Å². The first-order chi connectivity index (χ1) is 6.23. The van der Waals surface area contributed by atoms with Crippen LogP contribution in [0.2, 0.25) is 0 Å². The van der Waals surface area contributed by atoms with Gasteiger partial charge in [0, 0.05) is 0 Å². The molecule has 80 valence electrons. The molecule has 0 fully saturated rings. The van der Waals surface area contributed by atoms with Crippen LogP contribution >= 0.6 is 0 Å². The van der Waals surface area contributed by atoms with Gasteiger partial charge in [-0.15, -0.1) is 0 Å². The fraction of sp³-hybridized carbons (Fsp3) is 0.778. The Kier molecular flexibility index (Phi) is 2.41. The van der Waals surface area contributed by atoms with Gasteiger partial charge in [-0.3, -0.25) is 4.99 Å². The zero-order chi connectivity index (χ0) is 11.1. The number of rotatable bonds is 1. The van der Waals surface area contributed by atoms with E-state index in [1.165, 1.54) is 5.06 Å². The molecule has 0 aromatic rings. The molecule has 1 aliphatic heterocycles. The minimum atomic E-state index is -0.620. The van der Waals surface area contributed by atoms with E-state index >= 15 is 0 Å². The molecular formula is C9H18N4O. The van der Waals surface area contributed by atoms with Gasteiger partial charge in [-0.2, -0.15) is 10.2 Å². The summed E-state index contributed by atoms with van der Waals surface area (Å²) >= 11 is 0. The molecular weight excluding hydrogens is 180 g/mol. The average Bonchev–Trinajstić information content (AvgIpc) is 2.25. The van der Waals surface area contributed by atoms with Crippen molar-refractivity contribution in [2.24, 2.45) is 15.9 Å². The fourth-order valence-electron chi connectivity index (χ4n) is 1.83. The van der Waals surface area contributed by atoms with Crippen LogP contribution in [0.25, 0.3) is 0 Å². The lowest BCUT2D eigenvalue weighted by Gasteiger charge is -2.33. The van der Waals surface area contributed by atoms with Crippen LogP contribution in [-0.4, -0.2) is 32.9 Å². The predicted molar refractivity (Wildman–Crippen MR) is 56.5 cm³/mol. The molecule has 0 saturated heterocycles. The standard InChI is InChI=1S/C9H18N4O/c1-6(12-10)7-8(2,3)13(14)9(4,5)11-7/h14H,10H2,1-5H3/b12-6+. The molecule has 3 N–H and O–H groups in total. The van der Waals surface area contributed by atoms with Gasteiger partial charge in [0.1, 0.15) is 5.66 Å². The van der Waals surface area contributed by atoms with Crippen LogP contribution in [-0.2, 0) is 0 Å². The predicted octanol–water partition coefficient (Wildman–Crippen LogP) is 0.981. The second kappa shape index (κ2) is 3.03. The van der Waals surface area contributed by atoms with Crippen molar-refractivity contribution >= 4 is 11.4 Å². The Morgan fingerprint density at radius 1 is 1.43 bits per heavy atom. The number of nitrogens with zero attached hydrogens (tertiary/aromatic N) is 3. The lowest BCUT2D eigenvalue weighted by molar-refractivity contribution is -0.187. The van der Waals surface area contributed by atoms with Crippen molar-refractivity contribution in [2.75, 3.05) is 0 Å². The molecule has 0 unspecified atom stereocenters. The van der Waals surface area contributed by atoms with E-state index in [9.17, 15) is 5.21 Å². The Hall–Kier alpha value is -0.940. The summed E-state index contributed by atoms with van der Waals surface area (Å²) in [6.45, 7) is 9.23. The van der Waals surface area contributed by atoms with Crippen LogP contribution in [0.3, 0.4) is 0 Å². The van der Waals surface area contributed by atoms with E-state index in [0.29, 0.717) is 5.71 Å². The molecule has 14 heavy (non-hydrogen) atoms. The number of nitrogens with two attached hydrogens (primary N) is 1. The first-order valence-electron chi connectivity index (χ1n) is 4.58. The summed E-state index contributed by atoms with van der Waals surface area (Å²) in [5, 5.41) is 14.8. The smallest absolute Gasteiger partial charge is 0.131 e. The van der Waals surface area contributed by atoms with E-state index in [0.717, 1.165) is 5.71 Å². The highest BCUT2D eigenvalue weighted by Gasteiger charge is 2.47. The minimum absolute atomic E-state index is 0.545. The van der Waals surface area contributed by atoms with Crippen molar-refractivity contribution in [1.29, 1.82) is 0 Å². The van der Waals surface area contributed by atoms with Crippen LogP contribution in [0.5, 0.6) is 0 Å². The monoisotopic (exact) mass is 198 g/mol. The highest BCUT2D eigenvalue weighted by molar-refractivity contribution is 6.45. The van der Waals surface area contributed by atoms with Crippen molar-refractivity contribution in [2.45, 2.75) is 45.8 Å². The molecule has 0 spiro atoms. The van der Waals surface area contributed by atoms with Crippen molar-refractivity contribution < 1.29 is 5.21 Å². The topological polar surface area (TPSA) is 74.2 Å². The maximum Gasteiger partial charge on any atom is 0.131 e. The Morgan fingerprint density at radius 3 is 2.21 bits per heavy atom. The van der Waals surface area contributed by atoms with Crippen LogP contribution in [0.4, 0.5) is 0 Å². The highest BCUT2D eigenvalue weighted by atomic mass is 16.5. The van der Waals surface area contributed by atoms with Gasteiger partial charge in [-0.1, -0.05) is 0 Å². The Bertz CT molecular complexity index is 304. The summed E-state index contributed by atoms with van der Waals surface area (Å²) in [6, 6.07) is 0. The molecule has 0 amide bonds. The number of hydrogen-bond donors (Lipinski definition) is 2. The molecule has 1 heterocycles. The highest BCUT2D eigenvalue weighted by Crippen LogP contribution is 2.33. The number of hydrogen-bond acceptors (Lipinski definition) is 5. The van der Waals surface area contributed by atoms with Gasteiger partial charge < -0.3 is 11.0 Å². The third kappa shape index (κ3) is 1.42. The third-order valence-corrected chi connectivity index (χ3v) is 2.55. The molecule has 5 heteroatoms. The minimum Gasteiger partial charge on any atom is -0.323 e. The largest absolute Gasteiger partial charge is 0.323 e. The van der Waals surface area contributed by atoms with Crippen LogP contribution in [0.1, 0.15) is 34.6 Å². The molecule has 0 radical (unpaired) electrons. The lowest BCUT2D eigenvalue weighted by atomic mass is 9.95. The van der Waals surface area contributed by atoms with E-state index in [1.807, 2.05) is 27.7 Å². The molecule has 1 aliphatic rings. The first kappa shape index (κ1) is 11.1. The van der Waals surface area contributed by atoms with Crippen LogP contribution < -0.4 is 5.84 Å². The van der Waals surface area contributed by atoms with Crippen molar-refractivity contribution in [3.05, 3.63) is 0 Å². The third-order valence-electron chi connectivity index (χ3n) is 2.55. The molecule has 0 bridgehead atoms.